The lowest BCUT2D eigenvalue weighted by Crippen LogP contribution is -2.48. The summed E-state index contributed by atoms with van der Waals surface area (Å²) in [5.74, 6) is 3.04. The molecule has 2 heteroatoms. The van der Waals surface area contributed by atoms with Crippen molar-refractivity contribution in [2.24, 2.45) is 34.5 Å². The standard InChI is InChI=1S/C21H34O2/c1-20-11-8-19-17(18(20)6-4-14(20)9-12-22)5-3-15-13-16(23)7-10-21(15,19)2/h8,14-18,22-23H,3-7,9-13H2,1-2H3. The zero-order valence-corrected chi connectivity index (χ0v) is 14.9. The van der Waals surface area contributed by atoms with Crippen molar-refractivity contribution in [3.8, 4) is 0 Å². The molecule has 0 radical (unpaired) electrons. The zero-order chi connectivity index (χ0) is 16.2. The summed E-state index contributed by atoms with van der Waals surface area (Å²) in [6.45, 7) is 5.37. The number of hydrogen-bond donors (Lipinski definition) is 2. The molecule has 0 aromatic heterocycles. The number of rotatable bonds is 2. The number of aliphatic hydroxyl groups excluding tert-OH is 2. The minimum absolute atomic E-state index is 0.0560. The van der Waals surface area contributed by atoms with Crippen LogP contribution in [0, 0.1) is 34.5 Å². The van der Waals surface area contributed by atoms with E-state index in [9.17, 15) is 10.2 Å². The lowest BCUT2D eigenvalue weighted by Gasteiger charge is -2.56. The molecule has 7 unspecified atom stereocenters. The minimum atomic E-state index is -0.0560. The molecule has 0 spiro atoms. The maximum atomic E-state index is 10.1. The Kier molecular flexibility index (Phi) is 3.93. The molecule has 2 N–H and O–H groups in total. The summed E-state index contributed by atoms with van der Waals surface area (Å²) in [6.07, 6.45) is 13.3. The van der Waals surface area contributed by atoms with Gasteiger partial charge in [-0.15, -0.1) is 0 Å². The Morgan fingerprint density at radius 3 is 2.74 bits per heavy atom. The fourth-order valence-electron chi connectivity index (χ4n) is 7.24. The molecule has 3 fully saturated rings. The Balaban J connectivity index is 1.64. The van der Waals surface area contributed by atoms with Crippen LogP contribution in [0.2, 0.25) is 0 Å². The van der Waals surface area contributed by atoms with Gasteiger partial charge in [0, 0.05) is 6.61 Å². The van der Waals surface area contributed by atoms with E-state index in [1.165, 1.54) is 38.5 Å². The lowest BCUT2D eigenvalue weighted by molar-refractivity contribution is -0.0133. The zero-order valence-electron chi connectivity index (χ0n) is 14.9. The van der Waals surface area contributed by atoms with Crippen LogP contribution in [0.25, 0.3) is 0 Å². The minimum Gasteiger partial charge on any atom is -0.396 e. The first-order valence-electron chi connectivity index (χ1n) is 9.98. The van der Waals surface area contributed by atoms with Crippen molar-refractivity contribution in [1.82, 2.24) is 0 Å². The number of hydrogen-bond acceptors (Lipinski definition) is 2. The predicted octanol–water partition coefficient (Wildman–Crippen LogP) is 4.31. The van der Waals surface area contributed by atoms with Crippen molar-refractivity contribution in [2.45, 2.75) is 77.7 Å². The third-order valence-electron chi connectivity index (χ3n) is 8.67. The van der Waals surface area contributed by atoms with Crippen LogP contribution in [0.15, 0.2) is 11.6 Å². The Labute approximate surface area is 141 Å². The molecule has 0 aromatic rings. The van der Waals surface area contributed by atoms with Crippen LogP contribution in [0.1, 0.15) is 71.6 Å². The lowest BCUT2D eigenvalue weighted by atomic mass is 9.48. The molecule has 0 heterocycles. The smallest absolute Gasteiger partial charge is 0.0543 e. The molecule has 0 amide bonds. The van der Waals surface area contributed by atoms with Gasteiger partial charge in [-0.1, -0.05) is 25.5 Å². The molecule has 4 aliphatic carbocycles. The summed E-state index contributed by atoms with van der Waals surface area (Å²) in [4.78, 5) is 0. The van der Waals surface area contributed by atoms with Crippen molar-refractivity contribution in [1.29, 1.82) is 0 Å². The van der Waals surface area contributed by atoms with Crippen LogP contribution in [0.5, 0.6) is 0 Å². The van der Waals surface area contributed by atoms with Gasteiger partial charge in [0.25, 0.3) is 0 Å². The summed E-state index contributed by atoms with van der Waals surface area (Å²) in [7, 11) is 0. The van der Waals surface area contributed by atoms with E-state index in [1.54, 1.807) is 5.57 Å². The molecule has 23 heavy (non-hydrogen) atoms. The van der Waals surface area contributed by atoms with Crippen LogP contribution >= 0.6 is 0 Å². The number of allylic oxidation sites excluding steroid dienone is 2. The predicted molar refractivity (Wildman–Crippen MR) is 92.9 cm³/mol. The van der Waals surface area contributed by atoms with Gasteiger partial charge in [-0.05, 0) is 92.3 Å². The SMILES string of the molecule is CC12CCC(O)CC1CCC1C2=CCC2(C)C(CCO)CCC12. The highest BCUT2D eigenvalue weighted by Crippen LogP contribution is 2.65. The Bertz CT molecular complexity index is 498. The Morgan fingerprint density at radius 1 is 1.13 bits per heavy atom. The molecule has 0 aliphatic heterocycles. The highest BCUT2D eigenvalue weighted by Gasteiger charge is 2.56. The average molecular weight is 319 g/mol. The number of fused-ring (bicyclic) bond motifs is 5. The molecule has 0 saturated heterocycles. The van der Waals surface area contributed by atoms with Crippen LogP contribution in [-0.2, 0) is 0 Å². The van der Waals surface area contributed by atoms with Crippen molar-refractivity contribution in [2.75, 3.05) is 6.61 Å². The first kappa shape index (κ1) is 16.1. The van der Waals surface area contributed by atoms with Crippen LogP contribution in [0.4, 0.5) is 0 Å². The van der Waals surface area contributed by atoms with E-state index in [0.717, 1.165) is 31.1 Å². The van der Waals surface area contributed by atoms with Gasteiger partial charge in [0.2, 0.25) is 0 Å². The Morgan fingerprint density at radius 2 is 1.96 bits per heavy atom. The van der Waals surface area contributed by atoms with Gasteiger partial charge < -0.3 is 10.2 Å². The second-order valence-electron chi connectivity index (χ2n) is 9.49. The van der Waals surface area contributed by atoms with Gasteiger partial charge in [-0.25, -0.2) is 0 Å². The van der Waals surface area contributed by atoms with Crippen molar-refractivity contribution in [3.05, 3.63) is 11.6 Å². The highest BCUT2D eigenvalue weighted by atomic mass is 16.3. The van der Waals surface area contributed by atoms with Crippen molar-refractivity contribution in [3.63, 3.8) is 0 Å². The quantitative estimate of drug-likeness (QED) is 0.745. The van der Waals surface area contributed by atoms with Gasteiger partial charge >= 0.3 is 0 Å². The topological polar surface area (TPSA) is 40.5 Å². The molecule has 2 nitrogen and oxygen atoms in total. The first-order valence-corrected chi connectivity index (χ1v) is 9.98. The van der Waals surface area contributed by atoms with E-state index in [4.69, 9.17) is 0 Å². The maximum absolute atomic E-state index is 10.1. The van der Waals surface area contributed by atoms with Crippen molar-refractivity contribution < 1.29 is 10.2 Å². The van der Waals surface area contributed by atoms with Gasteiger partial charge in [-0.2, -0.15) is 0 Å². The fraction of sp³-hybridized carbons (Fsp3) is 0.905. The van der Waals surface area contributed by atoms with E-state index in [-0.39, 0.29) is 6.10 Å². The molecule has 0 bridgehead atoms. The molecule has 130 valence electrons. The summed E-state index contributed by atoms with van der Waals surface area (Å²) in [5, 5.41) is 19.5. The molecule has 0 aromatic carbocycles. The second-order valence-corrected chi connectivity index (χ2v) is 9.49. The summed E-state index contributed by atoms with van der Waals surface area (Å²) in [6, 6.07) is 0. The van der Waals surface area contributed by atoms with Gasteiger partial charge in [-0.3, -0.25) is 0 Å². The van der Waals surface area contributed by atoms with Gasteiger partial charge in [0.1, 0.15) is 0 Å². The van der Waals surface area contributed by atoms with E-state index in [2.05, 4.69) is 19.9 Å². The van der Waals surface area contributed by atoms with E-state index in [0.29, 0.717) is 29.3 Å². The maximum Gasteiger partial charge on any atom is 0.0543 e. The fourth-order valence-corrected chi connectivity index (χ4v) is 7.24. The molecule has 3 saturated carbocycles. The molecule has 4 rings (SSSR count). The Hall–Kier alpha value is -0.340. The average Bonchev–Trinajstić information content (AvgIpc) is 2.85. The molecular formula is C21H34O2. The number of aliphatic hydroxyl groups is 2. The van der Waals surface area contributed by atoms with E-state index >= 15 is 0 Å². The highest BCUT2D eigenvalue weighted by molar-refractivity contribution is 5.28. The molecular weight excluding hydrogens is 284 g/mol. The monoisotopic (exact) mass is 318 g/mol. The van der Waals surface area contributed by atoms with E-state index < -0.39 is 0 Å². The summed E-state index contributed by atoms with van der Waals surface area (Å²) >= 11 is 0. The third-order valence-corrected chi connectivity index (χ3v) is 8.67. The van der Waals surface area contributed by atoms with Crippen LogP contribution in [0.3, 0.4) is 0 Å². The summed E-state index contributed by atoms with van der Waals surface area (Å²) < 4.78 is 0. The first-order chi connectivity index (χ1) is 11.0. The largest absolute Gasteiger partial charge is 0.396 e. The normalized spacial score (nSPS) is 52.3. The third kappa shape index (κ3) is 2.28. The van der Waals surface area contributed by atoms with Gasteiger partial charge in [0.15, 0.2) is 0 Å². The van der Waals surface area contributed by atoms with E-state index in [1.807, 2.05) is 0 Å². The molecule has 7 atom stereocenters. The van der Waals surface area contributed by atoms with Gasteiger partial charge in [0.05, 0.1) is 6.10 Å². The van der Waals surface area contributed by atoms with Crippen LogP contribution in [-0.4, -0.2) is 22.9 Å². The summed E-state index contributed by atoms with van der Waals surface area (Å²) in [5.41, 5.74) is 2.56. The van der Waals surface area contributed by atoms with Crippen LogP contribution < -0.4 is 0 Å². The van der Waals surface area contributed by atoms with Crippen molar-refractivity contribution >= 4 is 0 Å². The second kappa shape index (κ2) is 5.59. The molecule has 4 aliphatic rings.